The Kier molecular flexibility index (Phi) is 8.07. The number of nitrogens with zero attached hydrogens (tertiary/aromatic N) is 2. The number of nitrogens with one attached hydrogen (secondary N) is 2. The van der Waals surface area contributed by atoms with Crippen LogP contribution in [0.4, 0.5) is 11.8 Å². The highest BCUT2D eigenvalue weighted by molar-refractivity contribution is 7.59. The third-order valence-electron chi connectivity index (χ3n) is 5.49. The average molecular weight is 404 g/mol. The Labute approximate surface area is 174 Å². The molecule has 154 valence electrons. The molecule has 28 heavy (non-hydrogen) atoms. The van der Waals surface area contributed by atoms with Gasteiger partial charge < -0.3 is 16.4 Å². The molecular formula is C21H33N5OS. The molecular weight excluding hydrogens is 370 g/mol. The third kappa shape index (κ3) is 5.58. The summed E-state index contributed by atoms with van der Waals surface area (Å²) in [5.74, 6) is 1.34. The van der Waals surface area contributed by atoms with E-state index < -0.39 is 0 Å². The summed E-state index contributed by atoms with van der Waals surface area (Å²) < 4.78 is 0. The first-order valence-corrected chi connectivity index (χ1v) is 10.1. The quantitative estimate of drug-likeness (QED) is 0.590. The van der Waals surface area contributed by atoms with E-state index in [0.29, 0.717) is 12.2 Å². The molecule has 2 aromatic rings. The van der Waals surface area contributed by atoms with Crippen LogP contribution in [-0.2, 0) is 4.79 Å². The Balaban J connectivity index is 0.00000280. The van der Waals surface area contributed by atoms with Gasteiger partial charge in [0, 0.05) is 17.3 Å². The molecule has 1 aliphatic rings. The largest absolute Gasteiger partial charge is 0.368 e. The van der Waals surface area contributed by atoms with Crippen LogP contribution in [0.25, 0.3) is 10.9 Å². The van der Waals surface area contributed by atoms with Crippen molar-refractivity contribution in [2.45, 2.75) is 70.4 Å². The van der Waals surface area contributed by atoms with Crippen LogP contribution in [-0.4, -0.2) is 33.9 Å². The lowest BCUT2D eigenvalue weighted by Gasteiger charge is -2.32. The van der Waals surface area contributed by atoms with Gasteiger partial charge in [0.05, 0.1) is 11.6 Å². The van der Waals surface area contributed by atoms with Crippen LogP contribution in [0.15, 0.2) is 24.3 Å². The zero-order valence-corrected chi connectivity index (χ0v) is 17.9. The summed E-state index contributed by atoms with van der Waals surface area (Å²) in [7, 11) is 0. The number of benzene rings is 1. The van der Waals surface area contributed by atoms with Gasteiger partial charge in [0.15, 0.2) is 0 Å². The molecule has 0 spiro atoms. The number of Topliss-reactive ketones (excluding diaryl/α,β-unsaturated/α-hetero) is 1. The Morgan fingerprint density at radius 3 is 2.82 bits per heavy atom. The van der Waals surface area contributed by atoms with E-state index in [0.717, 1.165) is 61.8 Å². The maximum absolute atomic E-state index is 12.5. The maximum Gasteiger partial charge on any atom is 0.222 e. The van der Waals surface area contributed by atoms with Gasteiger partial charge in [-0.1, -0.05) is 31.9 Å². The van der Waals surface area contributed by atoms with Gasteiger partial charge in [0.1, 0.15) is 11.6 Å². The number of nitrogens with two attached hydrogens (primary N) is 1. The van der Waals surface area contributed by atoms with E-state index in [1.54, 1.807) is 0 Å². The third-order valence-corrected chi connectivity index (χ3v) is 5.49. The van der Waals surface area contributed by atoms with Crippen molar-refractivity contribution in [1.29, 1.82) is 0 Å². The predicted octanol–water partition coefficient (Wildman–Crippen LogP) is 3.79. The molecule has 7 heteroatoms. The number of hydrogen-bond donors (Lipinski definition) is 3. The van der Waals surface area contributed by atoms with Crippen molar-refractivity contribution >= 4 is 41.9 Å². The normalized spacial score (nSPS) is 18.4. The monoisotopic (exact) mass is 403 g/mol. The lowest BCUT2D eigenvalue weighted by Crippen LogP contribution is -2.38. The Bertz CT molecular complexity index is 793. The summed E-state index contributed by atoms with van der Waals surface area (Å²) in [6, 6.07) is 7.91. The van der Waals surface area contributed by atoms with Crippen molar-refractivity contribution in [2.75, 3.05) is 17.6 Å². The molecule has 2 heterocycles. The van der Waals surface area contributed by atoms with Crippen molar-refractivity contribution < 1.29 is 4.79 Å². The van der Waals surface area contributed by atoms with Crippen LogP contribution in [0.2, 0.25) is 0 Å². The lowest BCUT2D eigenvalue weighted by molar-refractivity contribution is -0.121. The maximum atomic E-state index is 12.5. The minimum atomic E-state index is -0.214. The molecule has 1 fully saturated rings. The van der Waals surface area contributed by atoms with Crippen LogP contribution in [0.5, 0.6) is 0 Å². The summed E-state index contributed by atoms with van der Waals surface area (Å²) in [6.45, 7) is 5.32. The number of nitrogen functional groups attached to an aromatic ring is 1. The SMILES string of the molecule is CCCCC(C)(CCC(=O)[C@@H]1CCCN1)Nc1nc(N)nc2ccccc12.S. The van der Waals surface area contributed by atoms with Crippen LogP contribution in [0, 0.1) is 0 Å². The molecule has 0 saturated carbocycles. The average Bonchev–Trinajstić information content (AvgIpc) is 3.19. The first-order chi connectivity index (χ1) is 13.0. The molecule has 1 aromatic heterocycles. The van der Waals surface area contributed by atoms with E-state index in [-0.39, 0.29) is 31.0 Å². The Morgan fingerprint density at radius 1 is 1.32 bits per heavy atom. The number of hydrogen-bond acceptors (Lipinski definition) is 6. The van der Waals surface area contributed by atoms with Crippen LogP contribution < -0.4 is 16.4 Å². The van der Waals surface area contributed by atoms with E-state index in [1.165, 1.54) is 0 Å². The highest BCUT2D eigenvalue weighted by Crippen LogP contribution is 2.29. The van der Waals surface area contributed by atoms with Gasteiger partial charge >= 0.3 is 0 Å². The number of para-hydroxylation sites is 1. The number of ketones is 1. The van der Waals surface area contributed by atoms with E-state index in [9.17, 15) is 4.79 Å². The van der Waals surface area contributed by atoms with Crippen molar-refractivity contribution in [3.63, 3.8) is 0 Å². The summed E-state index contributed by atoms with van der Waals surface area (Å²) in [5, 5.41) is 7.88. The minimum Gasteiger partial charge on any atom is -0.368 e. The molecule has 0 amide bonds. The fraction of sp³-hybridized carbons (Fsp3) is 0.571. The van der Waals surface area contributed by atoms with Crippen LogP contribution >= 0.6 is 13.5 Å². The first kappa shape index (κ1) is 22.4. The topological polar surface area (TPSA) is 92.9 Å². The molecule has 1 aliphatic heterocycles. The van der Waals surface area contributed by atoms with Gasteiger partial charge in [-0.3, -0.25) is 4.79 Å². The van der Waals surface area contributed by atoms with Gasteiger partial charge in [-0.25, -0.2) is 4.98 Å². The number of fused-ring (bicyclic) bond motifs is 1. The molecule has 0 bridgehead atoms. The second kappa shape index (κ2) is 10.1. The molecule has 6 nitrogen and oxygen atoms in total. The summed E-state index contributed by atoms with van der Waals surface area (Å²) >= 11 is 0. The predicted molar refractivity (Wildman–Crippen MR) is 121 cm³/mol. The summed E-state index contributed by atoms with van der Waals surface area (Å²) in [5.41, 5.74) is 6.54. The molecule has 0 aliphatic carbocycles. The highest BCUT2D eigenvalue weighted by Gasteiger charge is 2.29. The van der Waals surface area contributed by atoms with Gasteiger partial charge in [-0.15, -0.1) is 0 Å². The van der Waals surface area contributed by atoms with Gasteiger partial charge in [-0.05, 0) is 51.3 Å². The molecule has 0 radical (unpaired) electrons. The van der Waals surface area contributed by atoms with Crippen LogP contribution in [0.1, 0.15) is 58.8 Å². The number of aromatic nitrogens is 2. The number of carbonyl (C=O) groups excluding carboxylic acids is 1. The zero-order chi connectivity index (χ0) is 19.3. The second-order valence-electron chi connectivity index (χ2n) is 7.85. The number of unbranched alkanes of at least 4 members (excludes halogenated alkanes) is 1. The first-order valence-electron chi connectivity index (χ1n) is 10.1. The van der Waals surface area contributed by atoms with Crippen LogP contribution in [0.3, 0.4) is 0 Å². The standard InChI is InChI=1S/C21H31N5O.H2S/c1-3-4-12-21(2,13-11-18(27)17-10-7-14-23-17)26-19-15-8-5-6-9-16(15)24-20(22)25-19;/h5-6,8-9,17,23H,3-4,7,10-14H2,1-2H3,(H3,22,24,25,26);1H2/t17-,21?;/m0./s1. The van der Waals surface area contributed by atoms with Gasteiger partial charge in [0.2, 0.25) is 5.95 Å². The Morgan fingerprint density at radius 2 is 2.11 bits per heavy atom. The summed E-state index contributed by atoms with van der Waals surface area (Å²) in [6.07, 6.45) is 6.59. The van der Waals surface area contributed by atoms with E-state index in [2.05, 4.69) is 34.4 Å². The molecule has 1 aromatic carbocycles. The van der Waals surface area contributed by atoms with E-state index in [1.807, 2.05) is 24.3 Å². The van der Waals surface area contributed by atoms with Crippen molar-refractivity contribution in [1.82, 2.24) is 15.3 Å². The van der Waals surface area contributed by atoms with Gasteiger partial charge in [-0.2, -0.15) is 18.5 Å². The van der Waals surface area contributed by atoms with Crippen molar-refractivity contribution in [2.24, 2.45) is 0 Å². The van der Waals surface area contributed by atoms with E-state index in [4.69, 9.17) is 5.73 Å². The number of carbonyl (C=O) groups is 1. The fourth-order valence-corrected chi connectivity index (χ4v) is 3.83. The van der Waals surface area contributed by atoms with Crippen molar-refractivity contribution in [3.05, 3.63) is 24.3 Å². The highest BCUT2D eigenvalue weighted by atomic mass is 32.1. The molecule has 4 N–H and O–H groups in total. The number of rotatable bonds is 9. The van der Waals surface area contributed by atoms with Crippen molar-refractivity contribution in [3.8, 4) is 0 Å². The molecule has 1 unspecified atom stereocenters. The van der Waals surface area contributed by atoms with Gasteiger partial charge in [0.25, 0.3) is 0 Å². The zero-order valence-electron chi connectivity index (χ0n) is 16.9. The van der Waals surface area contributed by atoms with E-state index >= 15 is 0 Å². The fourth-order valence-electron chi connectivity index (χ4n) is 3.83. The number of anilines is 2. The lowest BCUT2D eigenvalue weighted by atomic mass is 9.87. The molecule has 3 rings (SSSR count). The summed E-state index contributed by atoms with van der Waals surface area (Å²) in [4.78, 5) is 21.3. The minimum absolute atomic E-state index is 0. The molecule has 1 saturated heterocycles. The second-order valence-corrected chi connectivity index (χ2v) is 7.85. The Hall–Kier alpha value is -1.86. The molecule has 2 atom stereocenters. The smallest absolute Gasteiger partial charge is 0.222 e.